The third-order valence-electron chi connectivity index (χ3n) is 3.94. The minimum atomic E-state index is -1.04. The Kier molecular flexibility index (Phi) is 5.85. The van der Waals surface area contributed by atoms with E-state index in [1.165, 1.54) is 11.0 Å². The van der Waals surface area contributed by atoms with E-state index in [0.717, 1.165) is 16.9 Å². The smallest absolute Gasteiger partial charge is 0.339 e. The number of furan rings is 1. The first kappa shape index (κ1) is 18.6. The Labute approximate surface area is 147 Å². The van der Waals surface area contributed by atoms with Crippen molar-refractivity contribution in [3.63, 3.8) is 0 Å². The molecule has 0 saturated heterocycles. The number of nitrogens with zero attached hydrogens (tertiary/aromatic N) is 1. The highest BCUT2D eigenvalue weighted by molar-refractivity contribution is 5.88. The molecule has 0 aliphatic rings. The fourth-order valence-corrected chi connectivity index (χ4v) is 2.46. The van der Waals surface area contributed by atoms with Crippen LogP contribution in [0.3, 0.4) is 0 Å². The maximum Gasteiger partial charge on any atom is 0.339 e. The second-order valence-electron chi connectivity index (χ2n) is 6.10. The van der Waals surface area contributed by atoms with Crippen molar-refractivity contribution in [1.82, 2.24) is 4.90 Å². The number of benzene rings is 1. The van der Waals surface area contributed by atoms with Crippen LogP contribution in [0.15, 0.2) is 28.7 Å². The molecule has 0 bridgehead atoms. The van der Waals surface area contributed by atoms with E-state index < -0.39 is 5.97 Å². The van der Waals surface area contributed by atoms with Gasteiger partial charge in [-0.1, -0.05) is 12.1 Å². The summed E-state index contributed by atoms with van der Waals surface area (Å²) in [5.41, 5.74) is 2.25. The van der Waals surface area contributed by atoms with E-state index in [0.29, 0.717) is 11.5 Å². The Morgan fingerprint density at radius 2 is 1.92 bits per heavy atom. The van der Waals surface area contributed by atoms with Crippen molar-refractivity contribution in [2.75, 3.05) is 13.7 Å². The van der Waals surface area contributed by atoms with Gasteiger partial charge in [0.05, 0.1) is 19.6 Å². The quantitative estimate of drug-likeness (QED) is 0.832. The van der Waals surface area contributed by atoms with E-state index in [9.17, 15) is 9.59 Å². The number of hydrogen-bond acceptors (Lipinski definition) is 4. The minimum Gasteiger partial charge on any atom is -0.493 e. The first-order valence-electron chi connectivity index (χ1n) is 8.04. The number of ether oxygens (including phenoxy) is 1. The van der Waals surface area contributed by atoms with Crippen LogP contribution in [0.25, 0.3) is 0 Å². The molecule has 0 aliphatic carbocycles. The first-order chi connectivity index (χ1) is 11.8. The third-order valence-corrected chi connectivity index (χ3v) is 3.94. The second kappa shape index (κ2) is 7.88. The molecule has 0 unspecified atom stereocenters. The average Bonchev–Trinajstić information content (AvgIpc) is 2.91. The van der Waals surface area contributed by atoms with E-state index in [2.05, 4.69) is 0 Å². The van der Waals surface area contributed by atoms with Gasteiger partial charge in [-0.05, 0) is 44.0 Å². The largest absolute Gasteiger partial charge is 0.493 e. The van der Waals surface area contributed by atoms with Gasteiger partial charge in [-0.2, -0.15) is 0 Å². The van der Waals surface area contributed by atoms with Gasteiger partial charge < -0.3 is 19.2 Å². The Hall–Kier alpha value is -2.76. The van der Waals surface area contributed by atoms with Gasteiger partial charge in [0.15, 0.2) is 0 Å². The second-order valence-corrected chi connectivity index (χ2v) is 6.10. The number of carbonyl (C=O) groups is 2. The van der Waals surface area contributed by atoms with Crippen LogP contribution in [-0.4, -0.2) is 35.5 Å². The number of carbonyl (C=O) groups excluding carboxylic acids is 1. The molecule has 0 spiro atoms. The van der Waals surface area contributed by atoms with Crippen molar-refractivity contribution >= 4 is 11.9 Å². The van der Waals surface area contributed by atoms with Crippen molar-refractivity contribution in [3.05, 3.63) is 52.5 Å². The van der Waals surface area contributed by atoms with Crippen molar-refractivity contribution < 1.29 is 23.8 Å². The Bertz CT molecular complexity index is 778. The van der Waals surface area contributed by atoms with Crippen LogP contribution in [0, 0.1) is 20.8 Å². The maximum absolute atomic E-state index is 12.2. The van der Waals surface area contributed by atoms with E-state index >= 15 is 0 Å². The van der Waals surface area contributed by atoms with Gasteiger partial charge in [0.2, 0.25) is 5.91 Å². The molecule has 134 valence electrons. The SMILES string of the molecule is Cc1ccc(C)c(OCCC(=O)N(C)Cc2cc(C(=O)O)c(C)o2)c1. The molecule has 0 fully saturated rings. The number of aromatic carboxylic acids is 1. The number of aryl methyl sites for hydroxylation is 3. The van der Waals surface area contributed by atoms with Crippen LogP contribution in [0.5, 0.6) is 5.75 Å². The van der Waals surface area contributed by atoms with Crippen molar-refractivity contribution in [2.45, 2.75) is 33.7 Å². The van der Waals surface area contributed by atoms with Crippen LogP contribution >= 0.6 is 0 Å². The highest BCUT2D eigenvalue weighted by Crippen LogP contribution is 2.19. The van der Waals surface area contributed by atoms with E-state index in [-0.39, 0.29) is 31.0 Å². The van der Waals surface area contributed by atoms with Crippen LogP contribution in [0.4, 0.5) is 0 Å². The van der Waals surface area contributed by atoms with Gasteiger partial charge in [0, 0.05) is 7.05 Å². The Morgan fingerprint density at radius 3 is 2.56 bits per heavy atom. The highest BCUT2D eigenvalue weighted by atomic mass is 16.5. The molecule has 2 rings (SSSR count). The molecular formula is C19H23NO5. The molecule has 2 aromatic rings. The Morgan fingerprint density at radius 1 is 1.20 bits per heavy atom. The zero-order valence-electron chi connectivity index (χ0n) is 15.0. The monoisotopic (exact) mass is 345 g/mol. The zero-order valence-corrected chi connectivity index (χ0v) is 15.0. The molecule has 0 radical (unpaired) electrons. The fraction of sp³-hybridized carbons (Fsp3) is 0.368. The van der Waals surface area contributed by atoms with E-state index in [1.54, 1.807) is 14.0 Å². The molecule has 6 heteroatoms. The summed E-state index contributed by atoms with van der Waals surface area (Å²) in [6.07, 6.45) is 0.232. The molecule has 0 aliphatic heterocycles. The van der Waals surface area contributed by atoms with Gasteiger partial charge in [0.25, 0.3) is 0 Å². The summed E-state index contributed by atoms with van der Waals surface area (Å²) in [6.45, 7) is 6.04. The lowest BCUT2D eigenvalue weighted by molar-refractivity contribution is -0.131. The molecule has 1 N–H and O–H groups in total. The first-order valence-corrected chi connectivity index (χ1v) is 8.04. The highest BCUT2D eigenvalue weighted by Gasteiger charge is 2.17. The standard InChI is InChI=1S/C19H23NO5/c1-12-5-6-13(2)17(9-12)24-8-7-18(21)20(4)11-15-10-16(19(22)23)14(3)25-15/h5-6,9-10H,7-8,11H2,1-4H3,(H,22,23). The summed E-state index contributed by atoms with van der Waals surface area (Å²) in [6, 6.07) is 7.40. The van der Waals surface area contributed by atoms with Crippen molar-refractivity contribution in [2.24, 2.45) is 0 Å². The van der Waals surface area contributed by atoms with Gasteiger partial charge >= 0.3 is 5.97 Å². The van der Waals surface area contributed by atoms with E-state index in [4.69, 9.17) is 14.3 Å². The normalized spacial score (nSPS) is 10.6. The maximum atomic E-state index is 12.2. The number of rotatable bonds is 7. The van der Waals surface area contributed by atoms with Gasteiger partial charge in [-0.3, -0.25) is 4.79 Å². The lowest BCUT2D eigenvalue weighted by Gasteiger charge is -2.16. The average molecular weight is 345 g/mol. The fourth-order valence-electron chi connectivity index (χ4n) is 2.46. The van der Waals surface area contributed by atoms with Gasteiger partial charge in [-0.15, -0.1) is 0 Å². The van der Waals surface area contributed by atoms with E-state index in [1.807, 2.05) is 32.0 Å². The van der Waals surface area contributed by atoms with Crippen LogP contribution in [0.1, 0.15) is 39.4 Å². The molecule has 1 heterocycles. The number of amides is 1. The Balaban J connectivity index is 1.87. The number of carboxylic acids is 1. The predicted molar refractivity (Wildman–Crippen MR) is 92.9 cm³/mol. The van der Waals surface area contributed by atoms with Crippen LogP contribution < -0.4 is 4.74 Å². The van der Waals surface area contributed by atoms with Crippen LogP contribution in [-0.2, 0) is 11.3 Å². The minimum absolute atomic E-state index is 0.101. The molecule has 1 aromatic carbocycles. The molecule has 0 atom stereocenters. The summed E-state index contributed by atoms with van der Waals surface area (Å²) in [5.74, 6) is 0.422. The molecule has 1 aromatic heterocycles. The molecule has 0 saturated carbocycles. The summed E-state index contributed by atoms with van der Waals surface area (Å²) in [5, 5.41) is 9.03. The summed E-state index contributed by atoms with van der Waals surface area (Å²) >= 11 is 0. The summed E-state index contributed by atoms with van der Waals surface area (Å²) < 4.78 is 11.1. The molecule has 1 amide bonds. The third kappa shape index (κ3) is 4.86. The lowest BCUT2D eigenvalue weighted by Crippen LogP contribution is -2.27. The zero-order chi connectivity index (χ0) is 18.6. The summed E-state index contributed by atoms with van der Waals surface area (Å²) in [7, 11) is 1.65. The lowest BCUT2D eigenvalue weighted by atomic mass is 10.1. The molecular weight excluding hydrogens is 322 g/mol. The summed E-state index contributed by atoms with van der Waals surface area (Å²) in [4.78, 5) is 24.7. The van der Waals surface area contributed by atoms with Crippen LogP contribution in [0.2, 0.25) is 0 Å². The van der Waals surface area contributed by atoms with Gasteiger partial charge in [-0.25, -0.2) is 4.79 Å². The predicted octanol–water partition coefficient (Wildman–Crippen LogP) is 3.33. The molecule has 6 nitrogen and oxygen atoms in total. The topological polar surface area (TPSA) is 80.0 Å². The number of carboxylic acid groups (broad SMARTS) is 1. The van der Waals surface area contributed by atoms with Crippen molar-refractivity contribution in [1.29, 1.82) is 0 Å². The van der Waals surface area contributed by atoms with Gasteiger partial charge in [0.1, 0.15) is 22.8 Å². The number of hydrogen-bond donors (Lipinski definition) is 1. The molecule has 25 heavy (non-hydrogen) atoms. The van der Waals surface area contributed by atoms with Crippen molar-refractivity contribution in [3.8, 4) is 5.75 Å².